The molecule has 0 aliphatic heterocycles. The zero-order valence-corrected chi connectivity index (χ0v) is 30.0. The van der Waals surface area contributed by atoms with Crippen molar-refractivity contribution in [1.82, 2.24) is 0 Å². The second-order valence-electron chi connectivity index (χ2n) is 14.4. The molecule has 0 aliphatic carbocycles. The summed E-state index contributed by atoms with van der Waals surface area (Å²) in [6, 6.07) is 22.7. The van der Waals surface area contributed by atoms with Gasteiger partial charge >= 0.3 is 0 Å². The molecule has 0 aromatic heterocycles. The molecular formula is C42H51N3O3. The third-order valence-electron chi connectivity index (χ3n) is 8.27. The Kier molecular flexibility index (Phi) is 12.0. The van der Waals surface area contributed by atoms with Gasteiger partial charge in [-0.3, -0.25) is 14.4 Å². The first kappa shape index (κ1) is 36.1. The van der Waals surface area contributed by atoms with Crippen LogP contribution in [0.4, 0.5) is 17.1 Å². The third kappa shape index (κ3) is 9.90. The molecule has 4 rings (SSSR count). The number of aryl methyl sites for hydroxylation is 3. The molecule has 4 aromatic carbocycles. The van der Waals surface area contributed by atoms with Gasteiger partial charge in [-0.05, 0) is 128 Å². The molecular weight excluding hydrogens is 594 g/mol. The maximum atomic E-state index is 13.7. The van der Waals surface area contributed by atoms with E-state index in [-0.39, 0.29) is 16.7 Å². The molecule has 3 amide bonds. The number of amides is 3. The van der Waals surface area contributed by atoms with Gasteiger partial charge in [0.2, 0.25) is 0 Å². The lowest BCUT2D eigenvalue weighted by Gasteiger charge is -2.15. The number of anilines is 3. The molecule has 0 bridgehead atoms. The summed E-state index contributed by atoms with van der Waals surface area (Å²) < 4.78 is 0. The minimum Gasteiger partial charge on any atom is -0.322 e. The van der Waals surface area contributed by atoms with E-state index in [0.29, 0.717) is 34.8 Å². The Morgan fingerprint density at radius 1 is 0.438 bits per heavy atom. The molecule has 4 aromatic rings. The molecule has 252 valence electrons. The van der Waals surface area contributed by atoms with Gasteiger partial charge in [0.05, 0.1) is 0 Å². The van der Waals surface area contributed by atoms with Crippen molar-refractivity contribution in [1.29, 1.82) is 0 Å². The maximum absolute atomic E-state index is 13.7. The van der Waals surface area contributed by atoms with Crippen LogP contribution in [-0.2, 0) is 19.3 Å². The molecule has 0 saturated heterocycles. The highest BCUT2D eigenvalue weighted by Gasteiger charge is 2.19. The third-order valence-corrected chi connectivity index (χ3v) is 8.27. The van der Waals surface area contributed by atoms with E-state index in [1.54, 1.807) is 18.2 Å². The van der Waals surface area contributed by atoms with Crippen molar-refractivity contribution in [3.8, 4) is 0 Å². The predicted octanol–water partition coefficient (Wildman–Crippen LogP) is 9.96. The molecule has 0 saturated carbocycles. The molecule has 6 nitrogen and oxygen atoms in total. The van der Waals surface area contributed by atoms with Crippen LogP contribution in [0.25, 0.3) is 0 Å². The van der Waals surface area contributed by atoms with Crippen LogP contribution < -0.4 is 16.0 Å². The van der Waals surface area contributed by atoms with E-state index in [0.717, 1.165) is 36.0 Å². The van der Waals surface area contributed by atoms with Crippen molar-refractivity contribution in [2.24, 2.45) is 17.8 Å². The number of rotatable bonds is 12. The van der Waals surface area contributed by atoms with Crippen LogP contribution in [0.3, 0.4) is 0 Å². The summed E-state index contributed by atoms with van der Waals surface area (Å²) in [4.78, 5) is 41.0. The van der Waals surface area contributed by atoms with Crippen LogP contribution in [-0.4, -0.2) is 17.7 Å². The van der Waals surface area contributed by atoms with Crippen molar-refractivity contribution in [2.75, 3.05) is 16.0 Å². The fraction of sp³-hybridized carbons (Fsp3) is 0.357. The van der Waals surface area contributed by atoms with Crippen LogP contribution in [0.2, 0.25) is 0 Å². The smallest absolute Gasteiger partial charge is 0.255 e. The van der Waals surface area contributed by atoms with Crippen molar-refractivity contribution < 1.29 is 14.4 Å². The molecule has 0 atom stereocenters. The number of hydrogen-bond donors (Lipinski definition) is 3. The van der Waals surface area contributed by atoms with E-state index in [2.05, 4.69) is 75.7 Å². The second kappa shape index (κ2) is 15.9. The van der Waals surface area contributed by atoms with Gasteiger partial charge in [0.25, 0.3) is 17.7 Å². The van der Waals surface area contributed by atoms with Crippen molar-refractivity contribution in [2.45, 2.75) is 81.6 Å². The fourth-order valence-corrected chi connectivity index (χ4v) is 6.00. The molecule has 48 heavy (non-hydrogen) atoms. The summed E-state index contributed by atoms with van der Waals surface area (Å²) in [5, 5.41) is 8.99. The second-order valence-corrected chi connectivity index (χ2v) is 14.4. The molecule has 0 fully saturated rings. The monoisotopic (exact) mass is 645 g/mol. The average molecular weight is 646 g/mol. The highest BCUT2D eigenvalue weighted by Crippen LogP contribution is 2.24. The predicted molar refractivity (Wildman–Crippen MR) is 199 cm³/mol. The van der Waals surface area contributed by atoms with E-state index < -0.39 is 17.7 Å². The molecule has 0 aliphatic rings. The van der Waals surface area contributed by atoms with Crippen molar-refractivity contribution in [3.63, 3.8) is 0 Å². The quantitative estimate of drug-likeness (QED) is 0.143. The Balaban J connectivity index is 1.65. The van der Waals surface area contributed by atoms with Crippen LogP contribution in [0.15, 0.2) is 72.8 Å². The summed E-state index contributed by atoms with van der Waals surface area (Å²) >= 11 is 0. The van der Waals surface area contributed by atoms with Gasteiger partial charge in [-0.15, -0.1) is 0 Å². The molecule has 0 heterocycles. The van der Waals surface area contributed by atoms with E-state index in [1.807, 2.05) is 57.2 Å². The molecule has 0 unspecified atom stereocenters. The lowest BCUT2D eigenvalue weighted by molar-refractivity contribution is 0.102. The number of carbonyl (C=O) groups excluding carboxylic acids is 3. The topological polar surface area (TPSA) is 87.3 Å². The van der Waals surface area contributed by atoms with Gasteiger partial charge in [0.1, 0.15) is 0 Å². The lowest BCUT2D eigenvalue weighted by Crippen LogP contribution is -2.20. The van der Waals surface area contributed by atoms with E-state index in [9.17, 15) is 14.4 Å². The molecule has 3 N–H and O–H groups in total. The Morgan fingerprint density at radius 2 is 0.688 bits per heavy atom. The van der Waals surface area contributed by atoms with Gasteiger partial charge in [-0.25, -0.2) is 0 Å². The van der Waals surface area contributed by atoms with Crippen LogP contribution in [0.5, 0.6) is 0 Å². The largest absolute Gasteiger partial charge is 0.322 e. The van der Waals surface area contributed by atoms with Crippen LogP contribution in [0.1, 0.15) is 106 Å². The zero-order chi connectivity index (χ0) is 35.1. The molecule has 0 radical (unpaired) electrons. The van der Waals surface area contributed by atoms with Crippen LogP contribution >= 0.6 is 0 Å². The average Bonchev–Trinajstić information content (AvgIpc) is 3.00. The summed E-state index contributed by atoms with van der Waals surface area (Å²) in [5.41, 5.74) is 9.15. The first-order valence-corrected chi connectivity index (χ1v) is 17.1. The van der Waals surface area contributed by atoms with Crippen LogP contribution in [0, 0.1) is 38.5 Å². The minimum absolute atomic E-state index is 0.214. The van der Waals surface area contributed by atoms with E-state index >= 15 is 0 Å². The molecule has 0 spiro atoms. The lowest BCUT2D eigenvalue weighted by atomic mass is 9.99. The summed E-state index contributed by atoms with van der Waals surface area (Å²) in [5.74, 6) is 0.357. The zero-order valence-electron chi connectivity index (χ0n) is 30.0. The standard InChI is InChI=1S/C42H51N3O3/c1-25(2)16-31-10-13-37(28(7)19-31)43-40(46)34-22-35(41(47)44-38-14-11-32(17-26(3)4)20-29(38)8)24-36(23-34)42(48)45-39-15-12-33(18-27(5)6)21-30(39)9/h10-15,19-27H,16-18H2,1-9H3,(H,43,46)(H,44,47)(H,45,48). The number of carbonyl (C=O) groups is 3. The number of hydrogen-bond acceptors (Lipinski definition) is 3. The van der Waals surface area contributed by atoms with Gasteiger partial charge < -0.3 is 16.0 Å². The summed E-state index contributed by atoms with van der Waals surface area (Å²) in [6.07, 6.45) is 2.85. The van der Waals surface area contributed by atoms with Gasteiger partial charge in [0, 0.05) is 33.8 Å². The minimum atomic E-state index is -0.401. The van der Waals surface area contributed by atoms with Gasteiger partial charge in [0.15, 0.2) is 0 Å². The van der Waals surface area contributed by atoms with Crippen molar-refractivity contribution in [3.05, 3.63) is 123 Å². The normalized spacial score (nSPS) is 11.2. The number of benzene rings is 4. The van der Waals surface area contributed by atoms with E-state index in [1.165, 1.54) is 16.7 Å². The summed E-state index contributed by atoms with van der Waals surface area (Å²) in [6.45, 7) is 18.9. The summed E-state index contributed by atoms with van der Waals surface area (Å²) in [7, 11) is 0. The first-order chi connectivity index (χ1) is 22.7. The Hall–Kier alpha value is -4.71. The fourth-order valence-electron chi connectivity index (χ4n) is 6.00. The van der Waals surface area contributed by atoms with E-state index in [4.69, 9.17) is 0 Å². The SMILES string of the molecule is Cc1cc(CC(C)C)ccc1NC(=O)c1cc(C(=O)Nc2ccc(CC(C)C)cc2C)cc(C(=O)Nc2ccc(CC(C)C)cc2C)c1. The van der Waals surface area contributed by atoms with Gasteiger partial charge in [-0.2, -0.15) is 0 Å². The van der Waals surface area contributed by atoms with Crippen molar-refractivity contribution >= 4 is 34.8 Å². The highest BCUT2D eigenvalue weighted by atomic mass is 16.2. The Labute approximate surface area is 286 Å². The Morgan fingerprint density at radius 3 is 0.896 bits per heavy atom. The number of nitrogens with one attached hydrogen (secondary N) is 3. The molecule has 6 heteroatoms. The first-order valence-electron chi connectivity index (χ1n) is 17.1. The Bertz CT molecular complexity index is 1580. The maximum Gasteiger partial charge on any atom is 0.255 e. The van der Waals surface area contributed by atoms with Gasteiger partial charge in [-0.1, -0.05) is 77.9 Å². The highest BCUT2D eigenvalue weighted by molar-refractivity contribution is 6.13.